The van der Waals surface area contributed by atoms with Gasteiger partial charge in [-0.2, -0.15) is 0 Å². The molecule has 0 aliphatic carbocycles. The topological polar surface area (TPSA) is 70.2 Å². The second-order valence-electron chi connectivity index (χ2n) is 7.40. The Hall–Kier alpha value is -3.55. The summed E-state index contributed by atoms with van der Waals surface area (Å²) in [6.45, 7) is 1.89. The molecule has 3 N–H and O–H groups in total. The minimum absolute atomic E-state index is 0.161. The van der Waals surface area contributed by atoms with Crippen LogP contribution in [0.1, 0.15) is 26.3 Å². The summed E-state index contributed by atoms with van der Waals surface area (Å²) in [4.78, 5) is 25.4. The van der Waals surface area contributed by atoms with E-state index >= 15 is 0 Å². The summed E-state index contributed by atoms with van der Waals surface area (Å²) < 4.78 is 0.917. The number of nitrogens with one attached hydrogen (secondary N) is 3. The monoisotopic (exact) mass is 517 g/mol. The lowest BCUT2D eigenvalue weighted by molar-refractivity contribution is 0.0978. The highest BCUT2D eigenvalue weighted by atomic mass is 79.9. The summed E-state index contributed by atoms with van der Waals surface area (Å²) in [5.74, 6) is -0.497. The van der Waals surface area contributed by atoms with Gasteiger partial charge in [-0.25, -0.2) is 0 Å². The van der Waals surface area contributed by atoms with Crippen LogP contribution in [-0.2, 0) is 0 Å². The summed E-state index contributed by atoms with van der Waals surface area (Å²) in [7, 11) is 0. The fraction of sp³-hybridized carbons (Fsp3) is 0.0385. The lowest BCUT2D eigenvalue weighted by Crippen LogP contribution is -2.34. The lowest BCUT2D eigenvalue weighted by Gasteiger charge is -2.13. The SMILES string of the molecule is Cc1ccccc1C(=O)Nc1cccc(NC(=S)NC(=O)c2cccc3c(Br)cccc23)c1. The average Bonchev–Trinajstić information content (AvgIpc) is 2.79. The quantitative estimate of drug-likeness (QED) is 0.278. The molecule has 0 spiro atoms. The number of benzene rings is 4. The Morgan fingerprint density at radius 3 is 2.15 bits per heavy atom. The van der Waals surface area contributed by atoms with E-state index in [1.807, 2.05) is 55.5 Å². The van der Waals surface area contributed by atoms with Crippen LogP contribution < -0.4 is 16.0 Å². The van der Waals surface area contributed by atoms with Gasteiger partial charge in [0.15, 0.2) is 5.11 Å². The van der Waals surface area contributed by atoms with Crippen molar-refractivity contribution < 1.29 is 9.59 Å². The van der Waals surface area contributed by atoms with Crippen molar-refractivity contribution in [1.29, 1.82) is 0 Å². The zero-order valence-corrected chi connectivity index (χ0v) is 20.1. The van der Waals surface area contributed by atoms with Crippen LogP contribution in [0.2, 0.25) is 0 Å². The minimum atomic E-state index is -0.305. The molecule has 0 saturated heterocycles. The van der Waals surface area contributed by atoms with Crippen LogP contribution in [0, 0.1) is 6.92 Å². The van der Waals surface area contributed by atoms with Gasteiger partial charge in [0.1, 0.15) is 0 Å². The number of thiocarbonyl (C=S) groups is 1. The van der Waals surface area contributed by atoms with Crippen molar-refractivity contribution in [3.63, 3.8) is 0 Å². The van der Waals surface area contributed by atoms with Gasteiger partial charge in [0.05, 0.1) is 0 Å². The Balaban J connectivity index is 1.44. The van der Waals surface area contributed by atoms with Crippen molar-refractivity contribution in [1.82, 2.24) is 5.32 Å². The molecule has 0 saturated carbocycles. The van der Waals surface area contributed by atoms with Crippen LogP contribution in [0.25, 0.3) is 10.8 Å². The second kappa shape index (κ2) is 9.94. The van der Waals surface area contributed by atoms with E-state index in [0.717, 1.165) is 20.8 Å². The van der Waals surface area contributed by atoms with Crippen molar-refractivity contribution >= 4 is 67.2 Å². The Labute approximate surface area is 205 Å². The van der Waals surface area contributed by atoms with Gasteiger partial charge < -0.3 is 10.6 Å². The molecule has 4 aromatic rings. The molecule has 0 aromatic heterocycles. The third-order valence-electron chi connectivity index (χ3n) is 5.11. The molecule has 5 nitrogen and oxygen atoms in total. The van der Waals surface area contributed by atoms with E-state index in [1.54, 1.807) is 36.4 Å². The molecular weight excluding hydrogens is 498 g/mol. The number of hydrogen-bond donors (Lipinski definition) is 3. The van der Waals surface area contributed by atoms with E-state index in [-0.39, 0.29) is 16.9 Å². The number of amides is 2. The first-order valence-electron chi connectivity index (χ1n) is 10.2. The van der Waals surface area contributed by atoms with Gasteiger partial charge in [0.2, 0.25) is 0 Å². The molecule has 0 radical (unpaired) electrons. The molecular formula is C26H20BrN3O2S. The van der Waals surface area contributed by atoms with Gasteiger partial charge in [-0.1, -0.05) is 64.5 Å². The van der Waals surface area contributed by atoms with Crippen molar-refractivity contribution in [2.75, 3.05) is 10.6 Å². The van der Waals surface area contributed by atoms with E-state index in [9.17, 15) is 9.59 Å². The summed E-state index contributed by atoms with van der Waals surface area (Å²) in [6.07, 6.45) is 0. The molecule has 2 amide bonds. The predicted molar refractivity (Wildman–Crippen MR) is 141 cm³/mol. The Morgan fingerprint density at radius 2 is 1.36 bits per heavy atom. The van der Waals surface area contributed by atoms with Crippen molar-refractivity contribution in [3.05, 3.63) is 106 Å². The normalized spacial score (nSPS) is 10.5. The highest BCUT2D eigenvalue weighted by Crippen LogP contribution is 2.26. The molecule has 33 heavy (non-hydrogen) atoms. The highest BCUT2D eigenvalue weighted by Gasteiger charge is 2.13. The number of fused-ring (bicyclic) bond motifs is 1. The average molecular weight is 518 g/mol. The fourth-order valence-electron chi connectivity index (χ4n) is 3.50. The summed E-state index contributed by atoms with van der Waals surface area (Å²) in [6, 6.07) is 25.8. The fourth-order valence-corrected chi connectivity index (χ4v) is 4.21. The Bertz CT molecular complexity index is 1390. The van der Waals surface area contributed by atoms with Gasteiger partial charge in [0, 0.05) is 27.0 Å². The van der Waals surface area contributed by atoms with Crippen LogP contribution in [0.4, 0.5) is 11.4 Å². The molecule has 0 aliphatic rings. The molecule has 4 rings (SSSR count). The standard InChI is InChI=1S/C26H20BrN3O2S/c1-16-7-2-3-10-19(16)24(31)28-17-8-4-9-18(15-17)29-26(33)30-25(32)22-13-5-12-21-20(22)11-6-14-23(21)27/h2-15H,1H3,(H,28,31)(H2,29,30,32,33). The molecule has 0 aliphatic heterocycles. The maximum Gasteiger partial charge on any atom is 0.258 e. The molecule has 0 unspecified atom stereocenters. The summed E-state index contributed by atoms with van der Waals surface area (Å²) in [5, 5.41) is 10.6. The third kappa shape index (κ3) is 5.27. The zero-order valence-electron chi connectivity index (χ0n) is 17.7. The first-order valence-corrected chi connectivity index (χ1v) is 11.4. The van der Waals surface area contributed by atoms with Crippen LogP contribution in [-0.4, -0.2) is 16.9 Å². The van der Waals surface area contributed by atoms with Gasteiger partial charge in [-0.3, -0.25) is 14.9 Å². The number of hydrogen-bond acceptors (Lipinski definition) is 3. The van der Waals surface area contributed by atoms with Crippen LogP contribution in [0.5, 0.6) is 0 Å². The van der Waals surface area contributed by atoms with Crippen LogP contribution >= 0.6 is 28.1 Å². The molecule has 0 heterocycles. The number of carbonyl (C=O) groups is 2. The second-order valence-corrected chi connectivity index (χ2v) is 8.66. The van der Waals surface area contributed by atoms with Gasteiger partial charge in [-0.05, 0) is 71.9 Å². The number of anilines is 2. The van der Waals surface area contributed by atoms with E-state index in [0.29, 0.717) is 22.5 Å². The van der Waals surface area contributed by atoms with Gasteiger partial charge in [-0.15, -0.1) is 0 Å². The Morgan fingerprint density at radius 1 is 0.727 bits per heavy atom. The van der Waals surface area contributed by atoms with Crippen molar-refractivity contribution in [2.45, 2.75) is 6.92 Å². The summed E-state index contributed by atoms with van der Waals surface area (Å²) >= 11 is 8.86. The number of halogens is 1. The van der Waals surface area contributed by atoms with Crippen molar-refractivity contribution in [3.8, 4) is 0 Å². The van der Waals surface area contributed by atoms with Crippen molar-refractivity contribution in [2.24, 2.45) is 0 Å². The van der Waals surface area contributed by atoms with Crippen LogP contribution in [0.3, 0.4) is 0 Å². The largest absolute Gasteiger partial charge is 0.332 e. The summed E-state index contributed by atoms with van der Waals surface area (Å²) in [5.41, 5.74) is 3.29. The first-order chi connectivity index (χ1) is 15.9. The molecule has 0 atom stereocenters. The maximum absolute atomic E-state index is 12.9. The molecule has 164 valence electrons. The minimum Gasteiger partial charge on any atom is -0.332 e. The molecule has 7 heteroatoms. The Kier molecular flexibility index (Phi) is 6.82. The van der Waals surface area contributed by atoms with E-state index in [1.165, 1.54) is 0 Å². The zero-order chi connectivity index (χ0) is 23.4. The lowest BCUT2D eigenvalue weighted by atomic mass is 10.0. The smallest absolute Gasteiger partial charge is 0.258 e. The molecule has 4 aromatic carbocycles. The van der Waals surface area contributed by atoms with Gasteiger partial charge in [0.25, 0.3) is 11.8 Å². The number of aryl methyl sites for hydroxylation is 1. The van der Waals surface area contributed by atoms with E-state index in [2.05, 4.69) is 31.9 Å². The first kappa shape index (κ1) is 22.6. The number of rotatable bonds is 4. The molecule has 0 fully saturated rings. The maximum atomic E-state index is 12.9. The predicted octanol–water partition coefficient (Wildman–Crippen LogP) is 6.29. The van der Waals surface area contributed by atoms with Crippen LogP contribution in [0.15, 0.2) is 89.4 Å². The third-order valence-corrected chi connectivity index (χ3v) is 6.00. The number of carbonyl (C=O) groups excluding carboxylic acids is 2. The molecule has 0 bridgehead atoms. The van der Waals surface area contributed by atoms with E-state index in [4.69, 9.17) is 12.2 Å². The van der Waals surface area contributed by atoms with Gasteiger partial charge >= 0.3 is 0 Å². The highest BCUT2D eigenvalue weighted by molar-refractivity contribution is 9.10. The van der Waals surface area contributed by atoms with E-state index < -0.39 is 0 Å².